The first-order chi connectivity index (χ1) is 12.1. The lowest BCUT2D eigenvalue weighted by molar-refractivity contribution is -0.299. The highest BCUT2D eigenvalue weighted by atomic mass is 16.7. The largest absolute Gasteiger partial charge is 0.543 e. The first-order valence-corrected chi connectivity index (χ1v) is 7.35. The van der Waals surface area contributed by atoms with Crippen molar-refractivity contribution < 1.29 is 28.9 Å². The number of carbonyl (C=O) groups excluding carboxylic acids is 2. The Hall–Kier alpha value is -3.48. The zero-order chi connectivity index (χ0) is 17.8. The second kappa shape index (κ2) is 6.96. The molecule has 7 nitrogen and oxygen atoms in total. The summed E-state index contributed by atoms with van der Waals surface area (Å²) in [5.41, 5.74) is 0.349. The normalized spacial score (nSPS) is 12.6. The van der Waals surface area contributed by atoms with Gasteiger partial charge in [0.25, 0.3) is 5.91 Å². The molecule has 1 heterocycles. The van der Waals surface area contributed by atoms with Crippen LogP contribution in [0.4, 0.5) is 0 Å². The molecule has 0 aromatic heterocycles. The number of carboxylic acids is 1. The highest BCUT2D eigenvalue weighted by Crippen LogP contribution is 2.33. The van der Waals surface area contributed by atoms with Crippen LogP contribution in [0.25, 0.3) is 6.08 Å². The molecular weight excluding hydrogens is 326 g/mol. The Morgan fingerprint density at radius 2 is 1.92 bits per heavy atom. The summed E-state index contributed by atoms with van der Waals surface area (Å²) in [5.74, 6) is -0.719. The van der Waals surface area contributed by atoms with E-state index < -0.39 is 11.9 Å². The van der Waals surface area contributed by atoms with Gasteiger partial charge < -0.3 is 29.4 Å². The van der Waals surface area contributed by atoms with E-state index in [0.29, 0.717) is 22.8 Å². The molecule has 0 saturated heterocycles. The molecule has 0 saturated carbocycles. The summed E-state index contributed by atoms with van der Waals surface area (Å²) >= 11 is 0. The van der Waals surface area contributed by atoms with Crippen molar-refractivity contribution in [2.45, 2.75) is 0 Å². The molecular formula is C18H14NO6-. The molecule has 2 aromatic carbocycles. The standard InChI is InChI=1S/C18H15NO6/c1-23-14-5-3-2-4-12(14)17(20)19-13(18(21)22)8-11-6-7-15-16(9-11)25-10-24-15/h2-9H,10H2,1H3,(H,19,20)(H,21,22)/p-1. The molecule has 0 aliphatic carbocycles. The Labute approximate surface area is 143 Å². The minimum atomic E-state index is -1.51. The fourth-order valence-corrected chi connectivity index (χ4v) is 2.34. The summed E-state index contributed by atoms with van der Waals surface area (Å²) in [6, 6.07) is 11.4. The maximum Gasteiger partial charge on any atom is 0.259 e. The molecule has 1 N–H and O–H groups in total. The average molecular weight is 340 g/mol. The molecule has 3 rings (SSSR count). The number of aliphatic carboxylic acids is 1. The summed E-state index contributed by atoms with van der Waals surface area (Å²) in [6.45, 7) is 0.111. The first-order valence-electron chi connectivity index (χ1n) is 7.35. The number of nitrogens with one attached hydrogen (secondary N) is 1. The van der Waals surface area contributed by atoms with Crippen molar-refractivity contribution in [1.29, 1.82) is 0 Å². The van der Waals surface area contributed by atoms with Crippen molar-refractivity contribution in [3.63, 3.8) is 0 Å². The quantitative estimate of drug-likeness (QED) is 0.814. The molecule has 0 unspecified atom stereocenters. The third-order valence-corrected chi connectivity index (χ3v) is 3.53. The minimum Gasteiger partial charge on any atom is -0.543 e. The Morgan fingerprint density at radius 1 is 1.16 bits per heavy atom. The van der Waals surface area contributed by atoms with Crippen molar-refractivity contribution in [3.05, 3.63) is 59.3 Å². The Morgan fingerprint density at radius 3 is 2.68 bits per heavy atom. The number of para-hydroxylation sites is 1. The molecule has 1 amide bonds. The fraction of sp³-hybridized carbons (Fsp3) is 0.111. The minimum absolute atomic E-state index is 0.111. The molecule has 1 aliphatic rings. The van der Waals surface area contributed by atoms with Gasteiger partial charge >= 0.3 is 0 Å². The van der Waals surface area contributed by atoms with Crippen molar-refractivity contribution in [2.24, 2.45) is 0 Å². The van der Waals surface area contributed by atoms with Gasteiger partial charge in [-0.05, 0) is 35.9 Å². The third-order valence-electron chi connectivity index (χ3n) is 3.53. The molecule has 25 heavy (non-hydrogen) atoms. The van der Waals surface area contributed by atoms with Crippen LogP contribution in [0.3, 0.4) is 0 Å². The van der Waals surface area contributed by atoms with Gasteiger partial charge in [0.05, 0.1) is 24.3 Å². The molecule has 0 bridgehead atoms. The second-order valence-electron chi connectivity index (χ2n) is 5.11. The highest BCUT2D eigenvalue weighted by molar-refractivity contribution is 6.03. The predicted octanol–water partition coefficient (Wildman–Crippen LogP) is 0.945. The van der Waals surface area contributed by atoms with Gasteiger partial charge in [0.2, 0.25) is 6.79 Å². The monoisotopic (exact) mass is 340 g/mol. The van der Waals surface area contributed by atoms with E-state index in [1.807, 2.05) is 0 Å². The van der Waals surface area contributed by atoms with Gasteiger partial charge in [-0.3, -0.25) is 4.79 Å². The van der Waals surface area contributed by atoms with Crippen LogP contribution in [0.15, 0.2) is 48.2 Å². The van der Waals surface area contributed by atoms with Crippen LogP contribution in [-0.2, 0) is 4.79 Å². The van der Waals surface area contributed by atoms with Crippen molar-refractivity contribution in [1.82, 2.24) is 5.32 Å². The summed E-state index contributed by atoms with van der Waals surface area (Å²) in [6.07, 6.45) is 1.28. The summed E-state index contributed by atoms with van der Waals surface area (Å²) < 4.78 is 15.5. The summed E-state index contributed by atoms with van der Waals surface area (Å²) in [5, 5.41) is 13.7. The van der Waals surface area contributed by atoms with E-state index >= 15 is 0 Å². The number of hydrogen-bond acceptors (Lipinski definition) is 6. The number of methoxy groups -OCH3 is 1. The van der Waals surface area contributed by atoms with Gasteiger partial charge in [-0.25, -0.2) is 0 Å². The maximum absolute atomic E-state index is 12.3. The molecule has 0 fully saturated rings. The van der Waals surface area contributed by atoms with Crippen LogP contribution >= 0.6 is 0 Å². The summed E-state index contributed by atoms with van der Waals surface area (Å²) in [7, 11) is 1.42. The molecule has 2 aromatic rings. The number of ether oxygens (including phenoxy) is 3. The molecule has 0 atom stereocenters. The van der Waals surface area contributed by atoms with Crippen molar-refractivity contribution in [2.75, 3.05) is 13.9 Å². The summed E-state index contributed by atoms with van der Waals surface area (Å²) in [4.78, 5) is 23.7. The average Bonchev–Trinajstić information content (AvgIpc) is 3.08. The van der Waals surface area contributed by atoms with Gasteiger partial charge in [0.1, 0.15) is 5.75 Å². The number of amides is 1. The molecule has 7 heteroatoms. The lowest BCUT2D eigenvalue weighted by Gasteiger charge is -2.13. The van der Waals surface area contributed by atoms with Crippen LogP contribution in [0.5, 0.6) is 17.2 Å². The van der Waals surface area contributed by atoms with E-state index in [1.165, 1.54) is 19.3 Å². The topological polar surface area (TPSA) is 96.9 Å². The molecule has 128 valence electrons. The zero-order valence-electron chi connectivity index (χ0n) is 13.3. The van der Waals surface area contributed by atoms with Crippen molar-refractivity contribution >= 4 is 18.0 Å². The van der Waals surface area contributed by atoms with Crippen molar-refractivity contribution in [3.8, 4) is 17.2 Å². The number of fused-ring (bicyclic) bond motifs is 1. The van der Waals surface area contributed by atoms with E-state index in [1.54, 1.807) is 36.4 Å². The Bertz CT molecular complexity index is 858. The van der Waals surface area contributed by atoms with Crippen LogP contribution in [0, 0.1) is 0 Å². The predicted molar refractivity (Wildman–Crippen MR) is 86.0 cm³/mol. The van der Waals surface area contributed by atoms with E-state index in [9.17, 15) is 14.7 Å². The molecule has 0 radical (unpaired) electrons. The van der Waals surface area contributed by atoms with Gasteiger partial charge in [0, 0.05) is 0 Å². The highest BCUT2D eigenvalue weighted by Gasteiger charge is 2.15. The van der Waals surface area contributed by atoms with Gasteiger partial charge in [-0.15, -0.1) is 0 Å². The Balaban J connectivity index is 1.86. The van der Waals surface area contributed by atoms with E-state index in [2.05, 4.69) is 5.32 Å². The van der Waals surface area contributed by atoms with Crippen LogP contribution in [0.2, 0.25) is 0 Å². The van der Waals surface area contributed by atoms with E-state index in [-0.39, 0.29) is 18.1 Å². The van der Waals surface area contributed by atoms with Gasteiger partial charge in [0.15, 0.2) is 11.5 Å². The van der Waals surface area contributed by atoms with E-state index in [0.717, 1.165) is 0 Å². The Kier molecular flexibility index (Phi) is 4.56. The van der Waals surface area contributed by atoms with Gasteiger partial charge in [-0.1, -0.05) is 18.2 Å². The maximum atomic E-state index is 12.3. The first kappa shape index (κ1) is 16.4. The zero-order valence-corrected chi connectivity index (χ0v) is 13.3. The number of benzene rings is 2. The third kappa shape index (κ3) is 3.55. The number of hydrogen-bond donors (Lipinski definition) is 1. The lowest BCUT2D eigenvalue weighted by Crippen LogP contribution is -2.35. The smallest absolute Gasteiger partial charge is 0.259 e. The molecule has 0 spiro atoms. The lowest BCUT2D eigenvalue weighted by atomic mass is 10.1. The second-order valence-corrected chi connectivity index (χ2v) is 5.11. The number of rotatable bonds is 5. The fourth-order valence-electron chi connectivity index (χ4n) is 2.34. The van der Waals surface area contributed by atoms with Gasteiger partial charge in [-0.2, -0.15) is 0 Å². The van der Waals surface area contributed by atoms with Crippen LogP contribution in [0.1, 0.15) is 15.9 Å². The van der Waals surface area contributed by atoms with Crippen LogP contribution in [-0.4, -0.2) is 25.8 Å². The molecule has 1 aliphatic heterocycles. The SMILES string of the molecule is COc1ccccc1C(=O)NC(=Cc1ccc2c(c1)OCO2)C(=O)[O-]. The number of carbonyl (C=O) groups is 2. The van der Waals surface area contributed by atoms with E-state index in [4.69, 9.17) is 14.2 Å². The van der Waals surface area contributed by atoms with Crippen LogP contribution < -0.4 is 24.6 Å². The number of carboxylic acid groups (broad SMARTS) is 1.